The minimum Gasteiger partial charge on any atom is -0.497 e. The van der Waals surface area contributed by atoms with Crippen molar-refractivity contribution >= 4 is 15.7 Å². The predicted octanol–water partition coefficient (Wildman–Crippen LogP) is 1.25. The van der Waals surface area contributed by atoms with E-state index >= 15 is 0 Å². The first-order valence-electron chi connectivity index (χ1n) is 5.64. The first-order chi connectivity index (χ1) is 9.38. The van der Waals surface area contributed by atoms with Gasteiger partial charge in [0.1, 0.15) is 5.75 Å². The molecular weight excluding hydrogens is 284 g/mol. The Kier molecular flexibility index (Phi) is 5.07. The van der Waals surface area contributed by atoms with E-state index in [2.05, 4.69) is 5.92 Å². The molecule has 8 heteroatoms. The molecule has 7 nitrogen and oxygen atoms in total. The Morgan fingerprint density at radius 2 is 2.15 bits per heavy atom. The average Bonchev–Trinajstić information content (AvgIpc) is 2.43. The molecule has 0 unspecified atom stereocenters. The van der Waals surface area contributed by atoms with Crippen molar-refractivity contribution in [2.75, 3.05) is 20.2 Å². The molecule has 0 amide bonds. The third-order valence-electron chi connectivity index (χ3n) is 2.60. The van der Waals surface area contributed by atoms with Gasteiger partial charge in [-0.05, 0) is 12.1 Å². The van der Waals surface area contributed by atoms with Gasteiger partial charge in [-0.1, -0.05) is 12.8 Å². The van der Waals surface area contributed by atoms with Crippen LogP contribution >= 0.6 is 0 Å². The minimum absolute atomic E-state index is 0.121. The van der Waals surface area contributed by atoms with Gasteiger partial charge in [0.15, 0.2) is 4.90 Å². The van der Waals surface area contributed by atoms with Crippen LogP contribution in [0.3, 0.4) is 0 Å². The van der Waals surface area contributed by atoms with E-state index in [4.69, 9.17) is 11.2 Å². The Hall–Kier alpha value is -2.11. The SMILES string of the molecule is C#CCN(CC)S(=O)(=O)c1ccc(OC)cc1[N+](=O)[O-]. The van der Waals surface area contributed by atoms with Gasteiger partial charge < -0.3 is 4.74 Å². The van der Waals surface area contributed by atoms with Crippen molar-refractivity contribution in [3.63, 3.8) is 0 Å². The molecule has 108 valence electrons. The van der Waals surface area contributed by atoms with E-state index in [-0.39, 0.29) is 18.8 Å². The van der Waals surface area contributed by atoms with Gasteiger partial charge in [0.25, 0.3) is 15.7 Å². The molecule has 0 N–H and O–H groups in total. The predicted molar refractivity (Wildman–Crippen MR) is 72.9 cm³/mol. The van der Waals surface area contributed by atoms with Gasteiger partial charge in [-0.2, -0.15) is 4.31 Å². The van der Waals surface area contributed by atoms with Crippen LogP contribution in [-0.4, -0.2) is 37.8 Å². The Bertz CT molecular complexity index is 648. The maximum Gasteiger partial charge on any atom is 0.293 e. The van der Waals surface area contributed by atoms with E-state index in [9.17, 15) is 18.5 Å². The van der Waals surface area contributed by atoms with Crippen molar-refractivity contribution in [1.82, 2.24) is 4.31 Å². The zero-order chi connectivity index (χ0) is 15.3. The number of nitro groups is 1. The Balaban J connectivity index is 3.45. The number of ether oxygens (including phenoxy) is 1. The summed E-state index contributed by atoms with van der Waals surface area (Å²) in [7, 11) is -2.68. The lowest BCUT2D eigenvalue weighted by Gasteiger charge is -2.17. The number of rotatable bonds is 6. The van der Waals surface area contributed by atoms with E-state index in [1.807, 2.05) is 0 Å². The zero-order valence-electron chi connectivity index (χ0n) is 11.1. The molecule has 0 atom stereocenters. The van der Waals surface area contributed by atoms with Gasteiger partial charge in [-0.3, -0.25) is 10.1 Å². The summed E-state index contributed by atoms with van der Waals surface area (Å²) in [6, 6.07) is 3.56. The average molecular weight is 298 g/mol. The molecule has 0 aliphatic heterocycles. The number of terminal acetylenes is 1. The summed E-state index contributed by atoms with van der Waals surface area (Å²) >= 11 is 0. The molecule has 0 saturated carbocycles. The van der Waals surface area contributed by atoms with Crippen molar-refractivity contribution in [2.45, 2.75) is 11.8 Å². The highest BCUT2D eigenvalue weighted by Gasteiger charge is 2.30. The largest absolute Gasteiger partial charge is 0.497 e. The number of hydrogen-bond donors (Lipinski definition) is 0. The molecule has 0 saturated heterocycles. The van der Waals surface area contributed by atoms with Crippen molar-refractivity contribution < 1.29 is 18.1 Å². The molecular formula is C12H14N2O5S. The standard InChI is InChI=1S/C12H14N2O5S/c1-4-8-13(5-2)20(17,18)12-7-6-10(19-3)9-11(12)14(15)16/h1,6-7,9H,5,8H2,2-3H3. The normalized spacial score (nSPS) is 11.1. The van der Waals surface area contributed by atoms with Crippen LogP contribution in [0.15, 0.2) is 23.1 Å². The van der Waals surface area contributed by atoms with Crippen LogP contribution in [0, 0.1) is 22.5 Å². The van der Waals surface area contributed by atoms with Crippen molar-refractivity contribution in [3.05, 3.63) is 28.3 Å². The lowest BCUT2D eigenvalue weighted by atomic mass is 10.3. The molecule has 0 radical (unpaired) electrons. The van der Waals surface area contributed by atoms with Crippen LogP contribution in [0.5, 0.6) is 5.75 Å². The van der Waals surface area contributed by atoms with Gasteiger partial charge in [0.2, 0.25) is 0 Å². The fraction of sp³-hybridized carbons (Fsp3) is 0.333. The third kappa shape index (κ3) is 3.07. The molecule has 1 aromatic rings. The Morgan fingerprint density at radius 3 is 2.60 bits per heavy atom. The molecule has 0 aliphatic carbocycles. The number of methoxy groups -OCH3 is 1. The van der Waals surface area contributed by atoms with Gasteiger partial charge in [-0.25, -0.2) is 8.42 Å². The molecule has 0 fully saturated rings. The van der Waals surface area contributed by atoms with E-state index < -0.39 is 25.5 Å². The van der Waals surface area contributed by atoms with Gasteiger partial charge in [0.05, 0.1) is 24.6 Å². The second kappa shape index (κ2) is 6.36. The summed E-state index contributed by atoms with van der Waals surface area (Å²) in [6.45, 7) is 1.57. The van der Waals surface area contributed by atoms with Crippen LogP contribution in [-0.2, 0) is 10.0 Å². The van der Waals surface area contributed by atoms with Crippen molar-refractivity contribution in [1.29, 1.82) is 0 Å². The summed E-state index contributed by atoms with van der Waals surface area (Å²) in [4.78, 5) is 9.86. The highest BCUT2D eigenvalue weighted by Crippen LogP contribution is 2.30. The first kappa shape index (κ1) is 15.9. The Morgan fingerprint density at radius 1 is 1.50 bits per heavy atom. The van der Waals surface area contributed by atoms with Crippen molar-refractivity contribution in [3.8, 4) is 18.1 Å². The second-order valence-corrected chi connectivity index (χ2v) is 5.63. The number of sulfonamides is 1. The molecule has 0 heterocycles. The lowest BCUT2D eigenvalue weighted by molar-refractivity contribution is -0.387. The van der Waals surface area contributed by atoms with Gasteiger partial charge >= 0.3 is 0 Å². The van der Waals surface area contributed by atoms with E-state index in [0.29, 0.717) is 0 Å². The monoisotopic (exact) mass is 298 g/mol. The fourth-order valence-electron chi connectivity index (χ4n) is 1.59. The highest BCUT2D eigenvalue weighted by atomic mass is 32.2. The number of nitrogens with zero attached hydrogens (tertiary/aromatic N) is 2. The van der Waals surface area contributed by atoms with E-state index in [1.165, 1.54) is 13.2 Å². The van der Waals surface area contributed by atoms with Crippen LogP contribution < -0.4 is 4.74 Å². The lowest BCUT2D eigenvalue weighted by Crippen LogP contribution is -2.31. The topological polar surface area (TPSA) is 89.8 Å². The molecule has 1 rings (SSSR count). The zero-order valence-corrected chi connectivity index (χ0v) is 11.9. The van der Waals surface area contributed by atoms with Crippen LogP contribution in [0.1, 0.15) is 6.92 Å². The van der Waals surface area contributed by atoms with Crippen LogP contribution in [0.4, 0.5) is 5.69 Å². The quantitative estimate of drug-likeness (QED) is 0.448. The number of benzene rings is 1. The molecule has 0 aliphatic rings. The maximum atomic E-state index is 12.4. The third-order valence-corrected chi connectivity index (χ3v) is 4.57. The summed E-state index contributed by atoms with van der Waals surface area (Å²) in [5, 5.41) is 11.0. The highest BCUT2D eigenvalue weighted by molar-refractivity contribution is 7.89. The molecule has 0 bridgehead atoms. The number of hydrogen-bond acceptors (Lipinski definition) is 5. The summed E-state index contributed by atoms with van der Waals surface area (Å²) in [6.07, 6.45) is 5.11. The van der Waals surface area contributed by atoms with Crippen molar-refractivity contribution in [2.24, 2.45) is 0 Å². The smallest absolute Gasteiger partial charge is 0.293 e. The molecule has 20 heavy (non-hydrogen) atoms. The maximum absolute atomic E-state index is 12.4. The first-order valence-corrected chi connectivity index (χ1v) is 7.08. The van der Waals surface area contributed by atoms with E-state index in [1.54, 1.807) is 6.92 Å². The van der Waals surface area contributed by atoms with Gasteiger partial charge in [-0.15, -0.1) is 6.42 Å². The van der Waals surface area contributed by atoms with Crippen LogP contribution in [0.25, 0.3) is 0 Å². The van der Waals surface area contributed by atoms with Gasteiger partial charge in [0, 0.05) is 6.54 Å². The second-order valence-electron chi connectivity index (χ2n) is 3.73. The van der Waals surface area contributed by atoms with Crippen LogP contribution in [0.2, 0.25) is 0 Å². The number of nitro benzene ring substituents is 1. The summed E-state index contributed by atoms with van der Waals surface area (Å²) < 4.78 is 30.6. The molecule has 1 aromatic carbocycles. The van der Waals surface area contributed by atoms with E-state index in [0.717, 1.165) is 16.4 Å². The summed E-state index contributed by atoms with van der Waals surface area (Å²) in [5.74, 6) is 2.42. The minimum atomic E-state index is -4.02. The Labute approximate surface area is 117 Å². The molecule has 0 spiro atoms. The fourth-order valence-corrected chi connectivity index (χ4v) is 3.09. The summed E-state index contributed by atoms with van der Waals surface area (Å²) in [5.41, 5.74) is -0.542. The molecule has 0 aromatic heterocycles.